The van der Waals surface area contributed by atoms with Crippen LogP contribution in [0.15, 0.2) is 94.5 Å². The number of nitrogens with one attached hydrogen (secondary N) is 1. The molecule has 0 fully saturated rings. The van der Waals surface area contributed by atoms with E-state index >= 15 is 0 Å². The van der Waals surface area contributed by atoms with Crippen molar-refractivity contribution in [2.45, 2.75) is 19.8 Å². The van der Waals surface area contributed by atoms with Crippen molar-refractivity contribution < 1.29 is 40.2 Å². The quantitative estimate of drug-likeness (QED) is 0.0378. The summed E-state index contributed by atoms with van der Waals surface area (Å²) in [5.41, 5.74) is 4.73. The number of aromatic nitrogens is 4. The highest BCUT2D eigenvalue weighted by molar-refractivity contribution is 7.86. The monoisotopic (exact) mass is 968 g/mol. The van der Waals surface area contributed by atoms with Gasteiger partial charge in [-0.25, -0.2) is 9.97 Å². The summed E-state index contributed by atoms with van der Waals surface area (Å²) in [6.07, 6.45) is 0.276. The molecule has 19 heteroatoms. The molecule has 69 heavy (non-hydrogen) atoms. The number of imidazole rings is 2. The highest BCUT2D eigenvalue weighted by Gasteiger charge is 2.24. The van der Waals surface area contributed by atoms with Gasteiger partial charge in [-0.15, -0.1) is 0 Å². The van der Waals surface area contributed by atoms with E-state index in [0.29, 0.717) is 45.2 Å². The Morgan fingerprint density at radius 1 is 0.580 bits per heavy atom. The fraction of sp³-hybridized carbons (Fsp3) is 0.260. The first-order valence-corrected chi connectivity index (χ1v) is 25.8. The van der Waals surface area contributed by atoms with Gasteiger partial charge in [0.05, 0.1) is 60.0 Å². The molecule has 11 rings (SSSR count). The average Bonchev–Trinajstić information content (AvgIpc) is 3.89. The van der Waals surface area contributed by atoms with Gasteiger partial charge in [-0.3, -0.25) is 32.3 Å². The Labute approximate surface area is 392 Å². The van der Waals surface area contributed by atoms with Crippen LogP contribution in [0.3, 0.4) is 0 Å². The van der Waals surface area contributed by atoms with Crippen LogP contribution in [-0.2, 0) is 29.7 Å². The molecular weight excluding hydrogens is 925 g/mol. The van der Waals surface area contributed by atoms with Gasteiger partial charge in [0, 0.05) is 51.0 Å². The van der Waals surface area contributed by atoms with Crippen LogP contribution >= 0.6 is 0 Å². The van der Waals surface area contributed by atoms with E-state index in [4.69, 9.17) is 28.5 Å². The van der Waals surface area contributed by atoms with Gasteiger partial charge in [-0.1, -0.05) is 30.3 Å². The summed E-state index contributed by atoms with van der Waals surface area (Å²) in [6.45, 7) is 4.01. The van der Waals surface area contributed by atoms with Crippen LogP contribution in [0, 0.1) is 6.92 Å². The van der Waals surface area contributed by atoms with Crippen molar-refractivity contribution >= 4 is 124 Å². The second kappa shape index (κ2) is 17.1. The molecule has 1 amide bonds. The topological polar surface area (TPSA) is 228 Å². The Kier molecular flexibility index (Phi) is 11.1. The molecule has 0 saturated carbocycles. The zero-order valence-corrected chi connectivity index (χ0v) is 38.8. The molecule has 0 unspecified atom stereocenters. The normalized spacial score (nSPS) is 13.0. The molecule has 11 aromatic rings. The molecule has 4 heterocycles. The second-order valence-corrected chi connectivity index (χ2v) is 20.7. The van der Waals surface area contributed by atoms with Crippen molar-refractivity contribution in [3.63, 3.8) is 0 Å². The number of rotatable bonds is 18. The summed E-state index contributed by atoms with van der Waals surface area (Å²) in [7, 11) is -8.27. The molecule has 0 spiro atoms. The molecule has 0 aliphatic carbocycles. The highest BCUT2D eigenvalue weighted by Crippen LogP contribution is 2.45. The van der Waals surface area contributed by atoms with Gasteiger partial charge in [0.25, 0.3) is 37.3 Å². The number of carbonyl (C=O) groups is 1. The number of hydrogen-bond acceptors (Lipinski definition) is 12. The number of benzene rings is 7. The van der Waals surface area contributed by atoms with E-state index in [1.54, 1.807) is 31.9 Å². The van der Waals surface area contributed by atoms with Gasteiger partial charge in [0.2, 0.25) is 0 Å². The van der Waals surface area contributed by atoms with Gasteiger partial charge in [-0.2, -0.15) is 16.8 Å². The lowest BCUT2D eigenvalue weighted by atomic mass is 9.86. The minimum atomic E-state index is -4.13. The summed E-state index contributed by atoms with van der Waals surface area (Å²) in [6, 6.07) is 27.0. The zero-order valence-electron chi connectivity index (χ0n) is 37.2. The third-order valence-corrected chi connectivity index (χ3v) is 14.8. The molecular formula is C50H44N6O11S2. The minimum absolute atomic E-state index is 0.115. The number of ether oxygens (including phenoxy) is 2. The predicted octanol–water partition coefficient (Wildman–Crippen LogP) is 6.17. The molecule has 0 bridgehead atoms. The van der Waals surface area contributed by atoms with E-state index in [1.807, 2.05) is 55.5 Å². The summed E-state index contributed by atoms with van der Waals surface area (Å²) < 4.78 is 77.0. The minimum Gasteiger partial charge on any atom is -0.378 e. The lowest BCUT2D eigenvalue weighted by molar-refractivity contribution is 0.0392. The smallest absolute Gasteiger partial charge is 0.264 e. The standard InChI is InChI=1S/C50H44N6O11S2/c1-28-4-14-38-40(26-28)55-46(52-38)34-10-6-30-31-7-11-35-45-37(13-9-33(43(31)45)32-8-12-36(49(55)58)44(34)42(30)32)50(59)56-41-27-29(5-15-39(41)53-47(35)56)48(57)51-16-20-66-22-23-67-21-19-54(17-2-24-68(60,61)62)18-3-25-69(63,64)65/h4-15,26-27H,2-3,16-25H2,1H3,(H,51,57)(H,60,61,62)(H,63,64,65). The molecule has 17 nitrogen and oxygen atoms in total. The summed E-state index contributed by atoms with van der Waals surface area (Å²) in [5, 5.41) is 13.1. The molecule has 0 aliphatic heterocycles. The lowest BCUT2D eigenvalue weighted by Gasteiger charge is -2.21. The Morgan fingerprint density at radius 2 is 1.03 bits per heavy atom. The van der Waals surface area contributed by atoms with Crippen LogP contribution in [0.4, 0.5) is 0 Å². The van der Waals surface area contributed by atoms with Crippen molar-refractivity contribution in [3.8, 4) is 0 Å². The molecule has 0 saturated heterocycles. The number of hydrogen-bond donors (Lipinski definition) is 3. The lowest BCUT2D eigenvalue weighted by Crippen LogP contribution is -2.32. The molecule has 0 aliphatic rings. The summed E-state index contributed by atoms with van der Waals surface area (Å²) in [4.78, 5) is 53.9. The van der Waals surface area contributed by atoms with Crippen LogP contribution in [0.25, 0.3) is 98.0 Å². The van der Waals surface area contributed by atoms with Crippen molar-refractivity contribution in [1.82, 2.24) is 29.0 Å². The number of aryl methyl sites for hydroxylation is 1. The number of nitrogens with zero attached hydrogens (tertiary/aromatic N) is 5. The molecule has 4 aromatic heterocycles. The van der Waals surface area contributed by atoms with Gasteiger partial charge in [0.15, 0.2) is 0 Å². The Hall–Kier alpha value is -6.71. The van der Waals surface area contributed by atoms with Crippen LogP contribution in [0.1, 0.15) is 28.8 Å². The number of carbonyl (C=O) groups excluding carboxylic acids is 1. The van der Waals surface area contributed by atoms with E-state index in [0.717, 1.165) is 70.5 Å². The van der Waals surface area contributed by atoms with Gasteiger partial charge < -0.3 is 19.7 Å². The molecule has 0 atom stereocenters. The summed E-state index contributed by atoms with van der Waals surface area (Å²) in [5.74, 6) is -1.22. The molecule has 3 N–H and O–H groups in total. The maximum Gasteiger partial charge on any atom is 0.264 e. The van der Waals surface area contributed by atoms with Crippen molar-refractivity contribution in [2.24, 2.45) is 0 Å². The van der Waals surface area contributed by atoms with Crippen molar-refractivity contribution in [1.29, 1.82) is 0 Å². The molecule has 7 aromatic carbocycles. The van der Waals surface area contributed by atoms with E-state index in [1.165, 1.54) is 0 Å². The van der Waals surface area contributed by atoms with Crippen LogP contribution in [0.2, 0.25) is 0 Å². The Morgan fingerprint density at radius 3 is 1.55 bits per heavy atom. The van der Waals surface area contributed by atoms with Gasteiger partial charge >= 0.3 is 0 Å². The van der Waals surface area contributed by atoms with Crippen LogP contribution in [-0.4, -0.2) is 120 Å². The predicted molar refractivity (Wildman–Crippen MR) is 267 cm³/mol. The second-order valence-electron chi connectivity index (χ2n) is 17.6. The number of fused-ring (bicyclic) bond motifs is 10. The van der Waals surface area contributed by atoms with E-state index in [2.05, 4.69) is 23.5 Å². The molecule has 352 valence electrons. The summed E-state index contributed by atoms with van der Waals surface area (Å²) >= 11 is 0. The fourth-order valence-corrected chi connectivity index (χ4v) is 11.2. The van der Waals surface area contributed by atoms with Crippen LogP contribution < -0.4 is 16.4 Å². The first-order chi connectivity index (χ1) is 33.1. The van der Waals surface area contributed by atoms with E-state index in [9.17, 15) is 31.2 Å². The Balaban J connectivity index is 0.812. The fourth-order valence-electron chi connectivity index (χ4n) is 10.2. The van der Waals surface area contributed by atoms with Crippen molar-refractivity contribution in [2.75, 3.05) is 64.1 Å². The van der Waals surface area contributed by atoms with Gasteiger partial charge in [-0.05, 0) is 125 Å². The highest BCUT2D eigenvalue weighted by atomic mass is 32.2. The van der Waals surface area contributed by atoms with Crippen LogP contribution in [0.5, 0.6) is 0 Å². The maximum atomic E-state index is 14.6. The van der Waals surface area contributed by atoms with Crippen molar-refractivity contribution in [3.05, 3.63) is 117 Å². The third kappa shape index (κ3) is 7.89. The average molecular weight is 969 g/mol. The Bertz CT molecular complexity index is 4180. The molecule has 0 radical (unpaired) electrons. The SMILES string of the molecule is Cc1ccc2nc3c4ccc5c6ccc7c8c(ccc(c9ccc(c(=O)n3c2c1)c4c95)c68)c(=O)n1c2cc(C(=O)NCCOCCOCCN(CCCS(=O)(=O)O)CCCS(=O)(=O)O)ccc2nc71. The number of amides is 1. The largest absolute Gasteiger partial charge is 0.378 e. The van der Waals surface area contributed by atoms with E-state index < -0.39 is 31.7 Å². The number of pyridine rings is 2. The zero-order chi connectivity index (χ0) is 47.9. The third-order valence-electron chi connectivity index (χ3n) is 13.2. The first kappa shape index (κ1) is 44.8. The first-order valence-electron chi connectivity index (χ1n) is 22.5. The van der Waals surface area contributed by atoms with E-state index in [-0.39, 0.29) is 75.9 Å². The van der Waals surface area contributed by atoms with Gasteiger partial charge in [0.1, 0.15) is 11.3 Å². The maximum absolute atomic E-state index is 14.6.